The maximum atomic E-state index is 15.2. The second-order valence-corrected chi connectivity index (χ2v) is 9.31. The summed E-state index contributed by atoms with van der Waals surface area (Å²) in [6.07, 6.45) is 7.69. The van der Waals surface area contributed by atoms with Gasteiger partial charge in [0, 0.05) is 67.5 Å². The van der Waals surface area contributed by atoms with Crippen molar-refractivity contribution in [3.05, 3.63) is 82.9 Å². The van der Waals surface area contributed by atoms with Crippen molar-refractivity contribution in [3.63, 3.8) is 0 Å². The lowest BCUT2D eigenvalue weighted by molar-refractivity contribution is 0.103. The summed E-state index contributed by atoms with van der Waals surface area (Å²) < 4.78 is 39.5. The zero-order valence-corrected chi connectivity index (χ0v) is 21.8. The molecule has 0 atom stereocenters. The fraction of sp³-hybridized carbons (Fsp3) is 0.333. The Morgan fingerprint density at radius 1 is 1.22 bits per heavy atom. The van der Waals surface area contributed by atoms with Crippen LogP contribution in [0.1, 0.15) is 46.9 Å². The predicted molar refractivity (Wildman–Crippen MR) is 142 cm³/mol. The third-order valence-electron chi connectivity index (χ3n) is 5.53. The number of aromatic amines is 1. The first kappa shape index (κ1) is 27.4. The highest BCUT2D eigenvalue weighted by atomic mass is 32.2. The summed E-state index contributed by atoms with van der Waals surface area (Å²) in [5.41, 5.74) is 2.82. The molecule has 2 N–H and O–H groups in total. The number of halogens is 2. The fourth-order valence-electron chi connectivity index (χ4n) is 3.62. The van der Waals surface area contributed by atoms with E-state index in [0.717, 1.165) is 47.9 Å². The first-order chi connectivity index (χ1) is 17.3. The van der Waals surface area contributed by atoms with Gasteiger partial charge in [-0.3, -0.25) is 14.5 Å². The predicted octanol–water partition coefficient (Wildman–Crippen LogP) is 6.41. The smallest absolute Gasteiger partial charge is 0.200 e. The molecule has 0 radical (unpaired) electrons. The Morgan fingerprint density at radius 3 is 2.72 bits per heavy atom. The van der Waals surface area contributed by atoms with E-state index < -0.39 is 23.0 Å². The van der Waals surface area contributed by atoms with E-state index in [1.165, 1.54) is 24.2 Å². The molecule has 0 saturated carbocycles. The Morgan fingerprint density at radius 2 is 2.03 bits per heavy atom. The number of carbonyl (C=O) groups excluding carboxylic acids is 1. The van der Waals surface area contributed by atoms with Crippen LogP contribution < -0.4 is 4.72 Å². The number of hydrogen-bond acceptors (Lipinski definition) is 5. The van der Waals surface area contributed by atoms with Crippen molar-refractivity contribution in [3.8, 4) is 11.1 Å². The molecule has 6 nitrogen and oxygen atoms in total. The zero-order chi connectivity index (χ0) is 26.1. The standard InChI is InChI=1S/C27H32F2N4O2S/c1-5-13-36-32-24-11-10-23(28)25(26(24)29)27(34)22-16-31-33(3)17-20(14-18(22)2)19-8-9-21(30-15-19)7-6-12-35-4/h8-11,14-17,31-32H,5-7,12-13H2,1-4H3. The van der Waals surface area contributed by atoms with Gasteiger partial charge in [0.2, 0.25) is 5.78 Å². The number of H-pyrrole nitrogens is 1. The number of hydrogen-bond donors (Lipinski definition) is 2. The van der Waals surface area contributed by atoms with Crippen LogP contribution in [0.4, 0.5) is 14.5 Å². The summed E-state index contributed by atoms with van der Waals surface area (Å²) in [5.74, 6) is -1.80. The van der Waals surface area contributed by atoms with Gasteiger partial charge in [-0.25, -0.2) is 8.78 Å². The normalized spacial score (nSPS) is 10.8. The molecule has 0 saturated heterocycles. The lowest BCUT2D eigenvalue weighted by Gasteiger charge is -2.12. The van der Waals surface area contributed by atoms with E-state index in [4.69, 9.17) is 4.74 Å². The molecule has 0 unspecified atom stereocenters. The number of carbonyl (C=O) groups is 1. The highest BCUT2D eigenvalue weighted by Crippen LogP contribution is 2.27. The molecule has 0 aliphatic rings. The average molecular weight is 515 g/mol. The molecule has 192 valence electrons. The van der Waals surface area contributed by atoms with Gasteiger partial charge in [-0.05, 0) is 56.0 Å². The van der Waals surface area contributed by atoms with Gasteiger partial charge in [0.25, 0.3) is 0 Å². The van der Waals surface area contributed by atoms with Crippen LogP contribution >= 0.6 is 11.9 Å². The summed E-state index contributed by atoms with van der Waals surface area (Å²) in [5, 5.41) is 2.99. The first-order valence-electron chi connectivity index (χ1n) is 11.8. The van der Waals surface area contributed by atoms with Gasteiger partial charge in [0.05, 0.1) is 11.3 Å². The van der Waals surface area contributed by atoms with E-state index in [9.17, 15) is 9.18 Å². The van der Waals surface area contributed by atoms with Crippen molar-refractivity contribution in [2.24, 2.45) is 7.05 Å². The van der Waals surface area contributed by atoms with Gasteiger partial charge < -0.3 is 14.6 Å². The molecule has 1 aromatic carbocycles. The van der Waals surface area contributed by atoms with Crippen molar-refractivity contribution in [1.82, 2.24) is 14.8 Å². The number of anilines is 1. The number of nitrogens with zero attached hydrogens (tertiary/aromatic N) is 2. The number of nitrogens with one attached hydrogen (secondary N) is 2. The Balaban J connectivity index is 1.99. The lowest BCUT2D eigenvalue weighted by atomic mass is 9.98. The van der Waals surface area contributed by atoms with Crippen LogP contribution in [0.5, 0.6) is 0 Å². The molecule has 0 aliphatic heterocycles. The fourth-order valence-corrected chi connectivity index (χ4v) is 4.24. The second-order valence-electron chi connectivity index (χ2n) is 8.41. The molecule has 36 heavy (non-hydrogen) atoms. The number of benzene rings is 1. The summed E-state index contributed by atoms with van der Waals surface area (Å²) in [6, 6.07) is 8.16. The van der Waals surface area contributed by atoms with Crippen LogP contribution in [0, 0.1) is 18.6 Å². The number of pyridine rings is 1. The van der Waals surface area contributed by atoms with Crippen LogP contribution in [0.3, 0.4) is 0 Å². The number of ether oxygens (including phenoxy) is 1. The molecular formula is C27H32F2N4O2S. The van der Waals surface area contributed by atoms with Crippen molar-refractivity contribution in [2.75, 3.05) is 24.2 Å². The third-order valence-corrected chi connectivity index (χ3v) is 6.51. The molecule has 0 aliphatic carbocycles. The molecular weight excluding hydrogens is 482 g/mol. The maximum Gasteiger partial charge on any atom is 0.200 e. The van der Waals surface area contributed by atoms with E-state index in [2.05, 4.69) is 14.8 Å². The topological polar surface area (TPSA) is 71.9 Å². The van der Waals surface area contributed by atoms with Crippen molar-refractivity contribution in [1.29, 1.82) is 0 Å². The Labute approximate surface area is 214 Å². The third kappa shape index (κ3) is 6.95. The largest absolute Gasteiger partial charge is 0.385 e. The lowest BCUT2D eigenvalue weighted by Crippen LogP contribution is -2.11. The minimum atomic E-state index is -0.906. The minimum Gasteiger partial charge on any atom is -0.385 e. The van der Waals surface area contributed by atoms with Gasteiger partial charge in [-0.15, -0.1) is 0 Å². The number of rotatable bonds is 11. The Hall–Kier alpha value is -3.17. The summed E-state index contributed by atoms with van der Waals surface area (Å²) in [7, 11) is 3.45. The monoisotopic (exact) mass is 514 g/mol. The number of aryl methyl sites for hydroxylation is 3. The highest BCUT2D eigenvalue weighted by Gasteiger charge is 2.23. The number of methoxy groups -OCH3 is 1. The minimum absolute atomic E-state index is 0.0774. The van der Waals surface area contributed by atoms with Gasteiger partial charge in [0.1, 0.15) is 5.82 Å². The Bertz CT molecular complexity index is 1240. The van der Waals surface area contributed by atoms with Crippen LogP contribution in [-0.2, 0) is 18.2 Å². The van der Waals surface area contributed by atoms with Crippen LogP contribution in [0.15, 0.2) is 48.9 Å². The van der Waals surface area contributed by atoms with Crippen molar-refractivity contribution in [2.45, 2.75) is 33.1 Å². The van der Waals surface area contributed by atoms with Gasteiger partial charge >= 0.3 is 0 Å². The molecule has 0 spiro atoms. The van der Waals surface area contributed by atoms with E-state index in [1.807, 2.05) is 31.3 Å². The van der Waals surface area contributed by atoms with Crippen LogP contribution in [-0.4, -0.2) is 40.0 Å². The first-order valence-corrected chi connectivity index (χ1v) is 12.8. The number of ketones is 1. The SMILES string of the molecule is CCCSNc1ccc(F)c(C(=O)c2c[nH]n(C)cc(-c3ccc(CCCOC)nc3)cc2C)c1F. The summed E-state index contributed by atoms with van der Waals surface area (Å²) in [6.45, 7) is 4.42. The Kier molecular flexibility index (Phi) is 10.1. The van der Waals surface area contributed by atoms with E-state index in [-0.39, 0.29) is 11.3 Å². The average Bonchev–Trinajstić information content (AvgIpc) is 2.85. The van der Waals surface area contributed by atoms with Gasteiger partial charge in [0.15, 0.2) is 5.82 Å². The summed E-state index contributed by atoms with van der Waals surface area (Å²) >= 11 is 1.31. The molecule has 0 fully saturated rings. The van der Waals surface area contributed by atoms with E-state index >= 15 is 4.39 Å². The maximum absolute atomic E-state index is 15.2. The highest BCUT2D eigenvalue weighted by molar-refractivity contribution is 8.00. The molecule has 0 amide bonds. The molecule has 2 aromatic heterocycles. The molecule has 2 heterocycles. The van der Waals surface area contributed by atoms with Crippen LogP contribution in [0.2, 0.25) is 0 Å². The van der Waals surface area contributed by atoms with Crippen LogP contribution in [0.25, 0.3) is 11.1 Å². The van der Waals surface area contributed by atoms with Crippen molar-refractivity contribution >= 4 is 23.4 Å². The molecule has 0 bridgehead atoms. The zero-order valence-electron chi connectivity index (χ0n) is 21.0. The molecule has 3 rings (SSSR count). The molecule has 9 heteroatoms. The van der Waals surface area contributed by atoms with E-state index in [1.54, 1.807) is 32.0 Å². The second kappa shape index (κ2) is 13.2. The van der Waals surface area contributed by atoms with E-state index in [0.29, 0.717) is 12.2 Å². The van der Waals surface area contributed by atoms with Crippen molar-refractivity contribution < 1.29 is 18.3 Å². The molecule has 3 aromatic rings. The van der Waals surface area contributed by atoms with Gasteiger partial charge in [-0.2, -0.15) is 0 Å². The summed E-state index contributed by atoms with van der Waals surface area (Å²) in [4.78, 5) is 17.9. The quantitative estimate of drug-likeness (QED) is 0.176. The number of aromatic nitrogens is 3. The van der Waals surface area contributed by atoms with Gasteiger partial charge in [-0.1, -0.05) is 24.9 Å².